The second-order valence-corrected chi connectivity index (χ2v) is 7.29. The van der Waals surface area contributed by atoms with Gasteiger partial charge in [0.1, 0.15) is 18.1 Å². The summed E-state index contributed by atoms with van der Waals surface area (Å²) in [5.74, 6) is 1.99. The average molecular weight is 422 g/mol. The number of ether oxygens (including phenoxy) is 2. The van der Waals surface area contributed by atoms with Crippen molar-refractivity contribution < 1.29 is 18.7 Å². The van der Waals surface area contributed by atoms with E-state index >= 15 is 0 Å². The number of benzene rings is 1. The van der Waals surface area contributed by atoms with E-state index in [0.717, 1.165) is 55.2 Å². The topological polar surface area (TPSA) is 89.7 Å². The van der Waals surface area contributed by atoms with Crippen molar-refractivity contribution in [2.24, 2.45) is 0 Å². The molecule has 1 aliphatic rings. The van der Waals surface area contributed by atoms with Crippen LogP contribution in [0.4, 0.5) is 0 Å². The number of amides is 1. The minimum Gasteiger partial charge on any atom is -0.492 e. The predicted molar refractivity (Wildman–Crippen MR) is 114 cm³/mol. The van der Waals surface area contributed by atoms with E-state index in [1.165, 1.54) is 0 Å². The Balaban J connectivity index is 1.25. The smallest absolute Gasteiger partial charge is 0.307 e. The Morgan fingerprint density at radius 1 is 1.16 bits per heavy atom. The molecule has 0 spiro atoms. The summed E-state index contributed by atoms with van der Waals surface area (Å²) in [6.07, 6.45) is 3.30. The Hall–Kier alpha value is -3.39. The number of pyridine rings is 1. The summed E-state index contributed by atoms with van der Waals surface area (Å²) in [7, 11) is 1.61. The molecule has 0 aliphatic carbocycles. The summed E-state index contributed by atoms with van der Waals surface area (Å²) in [5, 5.41) is 2.80. The molecular formula is C23H26N4O4. The minimum absolute atomic E-state index is 0.123. The molecule has 1 N–H and O–H groups in total. The summed E-state index contributed by atoms with van der Waals surface area (Å²) in [5.41, 5.74) is 1.99. The van der Waals surface area contributed by atoms with Crippen LogP contribution < -0.4 is 14.8 Å². The third-order valence-electron chi connectivity index (χ3n) is 5.10. The Labute approximate surface area is 181 Å². The summed E-state index contributed by atoms with van der Waals surface area (Å²) < 4.78 is 16.5. The first kappa shape index (κ1) is 20.9. The van der Waals surface area contributed by atoms with Gasteiger partial charge in [0.05, 0.1) is 19.3 Å². The normalized spacial score (nSPS) is 13.8. The summed E-state index contributed by atoms with van der Waals surface area (Å²) in [6, 6.07) is 13.4. The van der Waals surface area contributed by atoms with Gasteiger partial charge in [-0.25, -0.2) is 9.97 Å². The maximum absolute atomic E-state index is 12.4. The molecular weight excluding hydrogens is 396 g/mol. The van der Waals surface area contributed by atoms with E-state index in [1.807, 2.05) is 48.7 Å². The summed E-state index contributed by atoms with van der Waals surface area (Å²) in [4.78, 5) is 23.4. The molecule has 0 radical (unpaired) electrons. The molecule has 1 aliphatic heterocycles. The Kier molecular flexibility index (Phi) is 6.78. The van der Waals surface area contributed by atoms with E-state index in [4.69, 9.17) is 13.9 Å². The number of hydrogen-bond donors (Lipinski definition) is 1. The van der Waals surface area contributed by atoms with Gasteiger partial charge >= 0.3 is 5.91 Å². The zero-order chi connectivity index (χ0) is 21.5. The number of carbonyl (C=O) groups is 1. The predicted octanol–water partition coefficient (Wildman–Crippen LogP) is 2.49. The lowest BCUT2D eigenvalue weighted by Crippen LogP contribution is -2.28. The molecule has 0 saturated heterocycles. The highest BCUT2D eigenvalue weighted by atomic mass is 16.5. The van der Waals surface area contributed by atoms with Crippen LogP contribution in [0.1, 0.15) is 27.7 Å². The van der Waals surface area contributed by atoms with Gasteiger partial charge in [-0.15, -0.1) is 0 Å². The van der Waals surface area contributed by atoms with Gasteiger partial charge in [-0.2, -0.15) is 0 Å². The molecule has 8 heteroatoms. The van der Waals surface area contributed by atoms with Crippen LogP contribution in [0.2, 0.25) is 0 Å². The second-order valence-electron chi connectivity index (χ2n) is 7.29. The van der Waals surface area contributed by atoms with Crippen LogP contribution >= 0.6 is 0 Å². The fourth-order valence-electron chi connectivity index (χ4n) is 3.47. The van der Waals surface area contributed by atoms with Crippen LogP contribution in [0.5, 0.6) is 11.6 Å². The van der Waals surface area contributed by atoms with Gasteiger partial charge in [-0.05, 0) is 17.7 Å². The number of nitrogens with zero attached hydrogens (tertiary/aromatic N) is 3. The zero-order valence-corrected chi connectivity index (χ0v) is 17.5. The number of carbonyl (C=O) groups excluding carboxylic acids is 1. The third-order valence-corrected chi connectivity index (χ3v) is 5.10. The fourth-order valence-corrected chi connectivity index (χ4v) is 3.47. The van der Waals surface area contributed by atoms with Gasteiger partial charge in [0.15, 0.2) is 0 Å². The van der Waals surface area contributed by atoms with Crippen LogP contribution in [-0.4, -0.2) is 54.1 Å². The number of rotatable bonds is 8. The number of nitrogens with one attached hydrogen (secondary N) is 1. The molecule has 4 rings (SSSR count). The van der Waals surface area contributed by atoms with Crippen molar-refractivity contribution >= 4 is 5.91 Å². The zero-order valence-electron chi connectivity index (χ0n) is 17.5. The molecule has 0 bridgehead atoms. The first-order valence-corrected chi connectivity index (χ1v) is 10.4. The van der Waals surface area contributed by atoms with E-state index < -0.39 is 0 Å². The van der Waals surface area contributed by atoms with Crippen LogP contribution in [0.15, 0.2) is 53.1 Å². The monoisotopic (exact) mass is 422 g/mol. The van der Waals surface area contributed by atoms with Gasteiger partial charge in [-0.1, -0.05) is 24.3 Å². The lowest BCUT2D eigenvalue weighted by Gasteiger charge is -2.19. The van der Waals surface area contributed by atoms with Crippen molar-refractivity contribution in [3.8, 4) is 11.6 Å². The molecule has 0 fully saturated rings. The van der Waals surface area contributed by atoms with Gasteiger partial charge in [0.2, 0.25) is 5.88 Å². The number of fused-ring (bicyclic) bond motifs is 1. The van der Waals surface area contributed by atoms with Crippen molar-refractivity contribution in [2.75, 3.05) is 33.4 Å². The van der Waals surface area contributed by atoms with Gasteiger partial charge < -0.3 is 19.2 Å². The van der Waals surface area contributed by atoms with Crippen molar-refractivity contribution in [2.45, 2.75) is 19.4 Å². The third kappa shape index (κ3) is 5.61. The number of para-hydroxylation sites is 1. The maximum Gasteiger partial charge on any atom is 0.307 e. The highest BCUT2D eigenvalue weighted by Crippen LogP contribution is 2.19. The second kappa shape index (κ2) is 10.1. The Morgan fingerprint density at radius 2 is 2.00 bits per heavy atom. The summed E-state index contributed by atoms with van der Waals surface area (Å²) >= 11 is 0. The average Bonchev–Trinajstić information content (AvgIpc) is 3.14. The van der Waals surface area contributed by atoms with E-state index in [1.54, 1.807) is 7.11 Å². The molecule has 162 valence electrons. The Bertz CT molecular complexity index is 963. The largest absolute Gasteiger partial charge is 0.492 e. The SMILES string of the molecule is COc1ccc(CN2CCc3nc(C(=O)NCCOc4ccccc4)oc3CC2)cn1. The molecule has 31 heavy (non-hydrogen) atoms. The molecule has 2 aromatic heterocycles. The molecule has 8 nitrogen and oxygen atoms in total. The molecule has 1 aromatic carbocycles. The van der Waals surface area contributed by atoms with Gasteiger partial charge in [-0.3, -0.25) is 9.69 Å². The van der Waals surface area contributed by atoms with Crippen molar-refractivity contribution in [3.63, 3.8) is 0 Å². The standard InChI is InChI=1S/C23H26N4O4/c1-29-21-8-7-17(15-25-21)16-27-12-9-19-20(10-13-27)31-23(26-19)22(28)24-11-14-30-18-5-3-2-4-6-18/h2-8,15H,9-14,16H2,1H3,(H,24,28). The molecule has 0 unspecified atom stereocenters. The summed E-state index contributed by atoms with van der Waals surface area (Å²) in [6.45, 7) is 3.24. The van der Waals surface area contributed by atoms with E-state index in [2.05, 4.69) is 20.2 Å². The van der Waals surface area contributed by atoms with E-state index in [-0.39, 0.29) is 11.8 Å². The molecule has 1 amide bonds. The van der Waals surface area contributed by atoms with Gasteiger partial charge in [0, 0.05) is 44.7 Å². The van der Waals surface area contributed by atoms with Crippen LogP contribution in [0.3, 0.4) is 0 Å². The number of hydrogen-bond acceptors (Lipinski definition) is 7. The fraction of sp³-hybridized carbons (Fsp3) is 0.348. The lowest BCUT2D eigenvalue weighted by atomic mass is 10.2. The first-order valence-electron chi connectivity index (χ1n) is 10.4. The van der Waals surface area contributed by atoms with Crippen LogP contribution in [-0.2, 0) is 19.4 Å². The number of aromatic nitrogens is 2. The number of methoxy groups -OCH3 is 1. The Morgan fingerprint density at radius 3 is 2.77 bits per heavy atom. The first-order chi connectivity index (χ1) is 15.2. The molecule has 0 saturated carbocycles. The highest BCUT2D eigenvalue weighted by Gasteiger charge is 2.22. The van der Waals surface area contributed by atoms with E-state index in [0.29, 0.717) is 19.0 Å². The maximum atomic E-state index is 12.4. The van der Waals surface area contributed by atoms with Crippen molar-refractivity contribution in [3.05, 3.63) is 71.6 Å². The molecule has 3 heterocycles. The lowest BCUT2D eigenvalue weighted by molar-refractivity contribution is 0.0910. The highest BCUT2D eigenvalue weighted by molar-refractivity contribution is 5.89. The number of oxazole rings is 1. The van der Waals surface area contributed by atoms with E-state index in [9.17, 15) is 4.79 Å². The quantitative estimate of drug-likeness (QED) is 0.558. The minimum atomic E-state index is -0.314. The van der Waals surface area contributed by atoms with Crippen LogP contribution in [0, 0.1) is 0 Å². The molecule has 3 aromatic rings. The van der Waals surface area contributed by atoms with Crippen molar-refractivity contribution in [1.29, 1.82) is 0 Å². The van der Waals surface area contributed by atoms with Crippen molar-refractivity contribution in [1.82, 2.24) is 20.2 Å². The van der Waals surface area contributed by atoms with Crippen LogP contribution in [0.25, 0.3) is 0 Å². The van der Waals surface area contributed by atoms with Gasteiger partial charge in [0.25, 0.3) is 5.89 Å². The molecule has 0 atom stereocenters.